The van der Waals surface area contributed by atoms with E-state index in [9.17, 15) is 4.79 Å². The minimum absolute atomic E-state index is 0. The topological polar surface area (TPSA) is 73.4 Å². The van der Waals surface area contributed by atoms with E-state index < -0.39 is 0 Å². The number of methoxy groups -OCH3 is 1. The molecule has 1 fully saturated rings. The third-order valence-corrected chi connectivity index (χ3v) is 5.67. The van der Waals surface area contributed by atoms with Crippen molar-refractivity contribution in [2.45, 2.75) is 13.3 Å². The Morgan fingerprint density at radius 3 is 2.47 bits per heavy atom. The molecule has 0 bridgehead atoms. The fraction of sp³-hybridized carbons (Fsp3) is 0.304. The first-order chi connectivity index (χ1) is 14.0. The highest BCUT2D eigenvalue weighted by atomic mass is 35.5. The molecule has 1 amide bonds. The Hall–Kier alpha value is -2.83. The van der Waals surface area contributed by atoms with Crippen LogP contribution in [-0.2, 0) is 0 Å². The number of likely N-dealkylation sites (tertiary alicyclic amines) is 1. The van der Waals surface area contributed by atoms with Gasteiger partial charge in [0.2, 0.25) is 0 Å². The van der Waals surface area contributed by atoms with E-state index in [4.69, 9.17) is 15.6 Å². The molecule has 1 atom stereocenters. The van der Waals surface area contributed by atoms with Crippen LogP contribution in [0.2, 0.25) is 0 Å². The van der Waals surface area contributed by atoms with Crippen LogP contribution < -0.4 is 10.5 Å². The fourth-order valence-corrected chi connectivity index (χ4v) is 3.74. The highest BCUT2D eigenvalue weighted by Gasteiger charge is 2.36. The van der Waals surface area contributed by atoms with Crippen LogP contribution in [0.3, 0.4) is 0 Å². The van der Waals surface area contributed by atoms with Gasteiger partial charge in [0.15, 0.2) is 0 Å². The van der Waals surface area contributed by atoms with E-state index in [1.165, 1.54) is 0 Å². The van der Waals surface area contributed by atoms with Gasteiger partial charge in [-0.25, -0.2) is 4.68 Å². The average Bonchev–Trinajstić information content (AvgIpc) is 3.39. The molecule has 0 saturated carbocycles. The van der Waals surface area contributed by atoms with E-state index in [1.54, 1.807) is 11.8 Å². The molecule has 2 aromatic carbocycles. The normalized spacial score (nSPS) is 18.2. The molecule has 1 unspecified atom stereocenters. The number of para-hydroxylation sites is 1. The quantitative estimate of drug-likeness (QED) is 0.673. The molecule has 1 aliphatic heterocycles. The van der Waals surface area contributed by atoms with Gasteiger partial charge in [-0.15, -0.1) is 12.4 Å². The van der Waals surface area contributed by atoms with E-state index in [-0.39, 0.29) is 23.7 Å². The summed E-state index contributed by atoms with van der Waals surface area (Å²) >= 11 is 0. The molecule has 3 aromatic rings. The zero-order chi connectivity index (χ0) is 20.4. The highest BCUT2D eigenvalue weighted by molar-refractivity contribution is 6.00. The van der Waals surface area contributed by atoms with Crippen LogP contribution in [0, 0.1) is 5.41 Å². The van der Waals surface area contributed by atoms with Gasteiger partial charge < -0.3 is 15.4 Å². The molecule has 7 heteroatoms. The number of benzene rings is 2. The maximum atomic E-state index is 13.4. The first kappa shape index (κ1) is 21.9. The largest absolute Gasteiger partial charge is 0.497 e. The molecule has 0 radical (unpaired) electrons. The van der Waals surface area contributed by atoms with Crippen LogP contribution in [0.4, 0.5) is 0 Å². The Kier molecular flexibility index (Phi) is 6.48. The van der Waals surface area contributed by atoms with Gasteiger partial charge >= 0.3 is 0 Å². The second-order valence-electron chi connectivity index (χ2n) is 7.89. The third kappa shape index (κ3) is 4.20. The van der Waals surface area contributed by atoms with Gasteiger partial charge in [-0.2, -0.15) is 5.10 Å². The van der Waals surface area contributed by atoms with Gasteiger partial charge in [-0.3, -0.25) is 4.79 Å². The van der Waals surface area contributed by atoms with Crippen molar-refractivity contribution in [1.82, 2.24) is 14.7 Å². The van der Waals surface area contributed by atoms with Gasteiger partial charge in [-0.05, 0) is 54.8 Å². The molecule has 1 saturated heterocycles. The predicted octanol–water partition coefficient (Wildman–Crippen LogP) is 3.78. The number of amides is 1. The lowest BCUT2D eigenvalue weighted by Gasteiger charge is -2.22. The van der Waals surface area contributed by atoms with Gasteiger partial charge in [0.1, 0.15) is 11.4 Å². The summed E-state index contributed by atoms with van der Waals surface area (Å²) in [5, 5.41) is 4.76. The summed E-state index contributed by atoms with van der Waals surface area (Å²) < 4.78 is 7.03. The molecule has 2 heterocycles. The lowest BCUT2D eigenvalue weighted by atomic mass is 9.90. The van der Waals surface area contributed by atoms with E-state index in [2.05, 4.69) is 6.92 Å². The summed E-state index contributed by atoms with van der Waals surface area (Å²) in [4.78, 5) is 15.3. The van der Waals surface area contributed by atoms with Crippen molar-refractivity contribution in [2.24, 2.45) is 11.1 Å². The van der Waals surface area contributed by atoms with E-state index in [1.807, 2.05) is 65.7 Å². The fourth-order valence-electron chi connectivity index (χ4n) is 3.74. The molecule has 158 valence electrons. The minimum Gasteiger partial charge on any atom is -0.497 e. The zero-order valence-electron chi connectivity index (χ0n) is 17.2. The summed E-state index contributed by atoms with van der Waals surface area (Å²) in [5.74, 6) is 0.762. The molecule has 1 aromatic heterocycles. The molecule has 1 aliphatic rings. The van der Waals surface area contributed by atoms with Crippen molar-refractivity contribution in [3.8, 4) is 22.7 Å². The van der Waals surface area contributed by atoms with Gasteiger partial charge in [0.05, 0.1) is 18.4 Å². The summed E-state index contributed by atoms with van der Waals surface area (Å²) in [5.41, 5.74) is 8.97. The number of ether oxygens (including phenoxy) is 1. The van der Waals surface area contributed by atoms with Crippen LogP contribution in [0.15, 0.2) is 60.8 Å². The summed E-state index contributed by atoms with van der Waals surface area (Å²) in [6, 6.07) is 17.4. The van der Waals surface area contributed by atoms with Gasteiger partial charge in [0.25, 0.3) is 5.91 Å². The standard InChI is InChI=1S/C23H26N4O2.ClH/c1-23(15-24)12-13-26(16-23)22(28)20-14-27(18-6-4-3-5-7-18)25-21(20)17-8-10-19(29-2)11-9-17;/h3-11,14H,12-13,15-16,24H2,1-2H3;1H. The Morgan fingerprint density at radius 1 is 1.17 bits per heavy atom. The highest BCUT2D eigenvalue weighted by Crippen LogP contribution is 2.32. The molecule has 30 heavy (non-hydrogen) atoms. The van der Waals surface area contributed by atoms with Crippen LogP contribution in [0.1, 0.15) is 23.7 Å². The van der Waals surface area contributed by atoms with Crippen LogP contribution in [0.5, 0.6) is 5.75 Å². The van der Waals surface area contributed by atoms with Crippen molar-refractivity contribution in [1.29, 1.82) is 0 Å². The van der Waals surface area contributed by atoms with Crippen LogP contribution in [-0.4, -0.2) is 47.3 Å². The van der Waals surface area contributed by atoms with E-state index in [0.717, 1.165) is 23.4 Å². The molecule has 2 N–H and O–H groups in total. The first-order valence-corrected chi connectivity index (χ1v) is 9.82. The summed E-state index contributed by atoms with van der Waals surface area (Å²) in [7, 11) is 1.63. The third-order valence-electron chi connectivity index (χ3n) is 5.67. The molecular weight excluding hydrogens is 400 g/mol. The molecule has 0 spiro atoms. The van der Waals surface area contributed by atoms with Crippen LogP contribution >= 0.6 is 12.4 Å². The van der Waals surface area contributed by atoms with E-state index in [0.29, 0.717) is 30.9 Å². The van der Waals surface area contributed by atoms with Crippen molar-refractivity contribution < 1.29 is 9.53 Å². The number of aromatic nitrogens is 2. The lowest BCUT2D eigenvalue weighted by molar-refractivity contribution is 0.0777. The predicted molar refractivity (Wildman–Crippen MR) is 120 cm³/mol. The number of hydrogen-bond donors (Lipinski definition) is 1. The Morgan fingerprint density at radius 2 is 1.87 bits per heavy atom. The number of halogens is 1. The molecule has 6 nitrogen and oxygen atoms in total. The zero-order valence-corrected chi connectivity index (χ0v) is 18.1. The summed E-state index contributed by atoms with van der Waals surface area (Å²) in [6.45, 7) is 4.09. The smallest absolute Gasteiger partial charge is 0.257 e. The Labute approximate surface area is 183 Å². The number of hydrogen-bond acceptors (Lipinski definition) is 4. The maximum Gasteiger partial charge on any atom is 0.257 e. The Bertz CT molecular complexity index is 1000. The Balaban J connectivity index is 0.00000256. The van der Waals surface area contributed by atoms with E-state index >= 15 is 0 Å². The minimum atomic E-state index is -0.0225. The first-order valence-electron chi connectivity index (χ1n) is 9.82. The SMILES string of the molecule is COc1ccc(-c2nn(-c3ccccc3)cc2C(=O)N2CCC(C)(CN)C2)cc1.Cl. The van der Waals surface area contributed by atoms with Crippen molar-refractivity contribution in [2.75, 3.05) is 26.7 Å². The number of nitrogens with two attached hydrogens (primary N) is 1. The number of carbonyl (C=O) groups is 1. The average molecular weight is 427 g/mol. The molecular formula is C23H27ClN4O2. The summed E-state index contributed by atoms with van der Waals surface area (Å²) in [6.07, 6.45) is 2.75. The van der Waals surface area contributed by atoms with Gasteiger partial charge in [0, 0.05) is 24.8 Å². The molecule has 0 aliphatic carbocycles. The lowest BCUT2D eigenvalue weighted by Crippen LogP contribution is -2.34. The maximum absolute atomic E-state index is 13.4. The van der Waals surface area contributed by atoms with Crippen molar-refractivity contribution >= 4 is 18.3 Å². The number of nitrogens with zero attached hydrogens (tertiary/aromatic N) is 3. The number of rotatable bonds is 5. The number of carbonyl (C=O) groups excluding carboxylic acids is 1. The monoisotopic (exact) mass is 426 g/mol. The second-order valence-corrected chi connectivity index (χ2v) is 7.89. The van der Waals surface area contributed by atoms with Crippen LogP contribution in [0.25, 0.3) is 16.9 Å². The second kappa shape index (κ2) is 8.90. The van der Waals surface area contributed by atoms with Crippen molar-refractivity contribution in [3.05, 3.63) is 66.4 Å². The molecule has 4 rings (SSSR count). The van der Waals surface area contributed by atoms with Gasteiger partial charge in [-0.1, -0.05) is 25.1 Å². The van der Waals surface area contributed by atoms with Crippen molar-refractivity contribution in [3.63, 3.8) is 0 Å².